The first kappa shape index (κ1) is 24.7. The monoisotopic (exact) mass is 302 g/mol. The lowest BCUT2D eigenvalue weighted by molar-refractivity contribution is 0.00304. The van der Waals surface area contributed by atoms with Crippen LogP contribution in [-0.2, 0) is 0 Å². The maximum absolute atomic E-state index is 8.66. The minimum Gasteiger partial charge on any atom is -0.396 e. The van der Waals surface area contributed by atoms with E-state index < -0.39 is 17.6 Å². The van der Waals surface area contributed by atoms with Gasteiger partial charge in [-0.1, -0.05) is 6.92 Å². The van der Waals surface area contributed by atoms with Gasteiger partial charge in [-0.25, -0.2) is 0 Å². The number of aliphatic hydroxyl groups is 8. The Labute approximate surface area is 119 Å². The van der Waals surface area contributed by atoms with Crippen molar-refractivity contribution >= 4 is 0 Å². The zero-order chi connectivity index (χ0) is 16.6. The lowest BCUT2D eigenvalue weighted by atomic mass is 9.88. The molecule has 1 unspecified atom stereocenters. The van der Waals surface area contributed by atoms with Crippen molar-refractivity contribution in [3.05, 3.63) is 0 Å². The van der Waals surface area contributed by atoms with Crippen LogP contribution in [0, 0.1) is 5.41 Å². The molecule has 8 nitrogen and oxygen atoms in total. The van der Waals surface area contributed by atoms with Crippen molar-refractivity contribution in [2.75, 3.05) is 39.6 Å². The Morgan fingerprint density at radius 2 is 1.05 bits per heavy atom. The van der Waals surface area contributed by atoms with Crippen molar-refractivity contribution in [1.82, 2.24) is 0 Å². The molecule has 0 aromatic carbocycles. The first-order chi connectivity index (χ1) is 9.32. The molecular formula is C12H30O8. The summed E-state index contributed by atoms with van der Waals surface area (Å²) in [5.41, 5.74) is -0.667. The zero-order valence-electron chi connectivity index (χ0n) is 12.2. The van der Waals surface area contributed by atoms with E-state index in [4.69, 9.17) is 40.9 Å². The lowest BCUT2D eigenvalue weighted by Gasteiger charge is -2.24. The van der Waals surface area contributed by atoms with E-state index in [1.807, 2.05) is 6.92 Å². The Balaban J connectivity index is -0.000000230. The first-order valence-corrected chi connectivity index (χ1v) is 6.34. The van der Waals surface area contributed by atoms with Crippen molar-refractivity contribution < 1.29 is 40.9 Å². The summed E-state index contributed by atoms with van der Waals surface area (Å²) < 4.78 is 0. The van der Waals surface area contributed by atoms with Gasteiger partial charge in [0.05, 0.1) is 45.7 Å². The minimum absolute atomic E-state index is 0.139. The van der Waals surface area contributed by atoms with Gasteiger partial charge in [-0.05, 0) is 13.3 Å². The fourth-order valence-corrected chi connectivity index (χ4v) is 0.543. The smallest absolute Gasteiger partial charge is 0.100 e. The maximum atomic E-state index is 8.66. The van der Waals surface area contributed by atoms with Gasteiger partial charge in [0, 0.05) is 5.41 Å². The highest BCUT2D eigenvalue weighted by molar-refractivity contribution is 4.74. The molecule has 0 heterocycles. The van der Waals surface area contributed by atoms with Crippen molar-refractivity contribution in [3.8, 4) is 0 Å². The highest BCUT2D eigenvalue weighted by atomic mass is 16.3. The van der Waals surface area contributed by atoms with Crippen LogP contribution in [0.2, 0.25) is 0 Å². The minimum atomic E-state index is -0.954. The van der Waals surface area contributed by atoms with Crippen LogP contribution >= 0.6 is 0 Å². The summed E-state index contributed by atoms with van der Waals surface area (Å²) in [6.07, 6.45) is -0.920. The average molecular weight is 302 g/mol. The number of aliphatic hydroxyl groups excluding tert-OH is 8. The summed E-state index contributed by atoms with van der Waals surface area (Å²) in [4.78, 5) is 0. The Morgan fingerprint density at radius 3 is 1.05 bits per heavy atom. The molecule has 0 fully saturated rings. The Kier molecular flexibility index (Phi) is 20.7. The average Bonchev–Trinajstić information content (AvgIpc) is 2.50. The molecule has 0 aromatic rings. The van der Waals surface area contributed by atoms with E-state index in [1.165, 1.54) is 6.92 Å². The van der Waals surface area contributed by atoms with E-state index in [9.17, 15) is 0 Å². The summed E-state index contributed by atoms with van der Waals surface area (Å²) in [7, 11) is 0. The summed E-state index contributed by atoms with van der Waals surface area (Å²) in [5.74, 6) is 0. The summed E-state index contributed by atoms with van der Waals surface area (Å²) >= 11 is 0. The van der Waals surface area contributed by atoms with E-state index >= 15 is 0 Å². The molecule has 0 saturated heterocycles. The van der Waals surface area contributed by atoms with E-state index in [0.717, 1.165) is 0 Å². The molecule has 126 valence electrons. The molecule has 0 rings (SSSR count). The van der Waals surface area contributed by atoms with Crippen LogP contribution in [0.25, 0.3) is 0 Å². The van der Waals surface area contributed by atoms with Crippen LogP contribution in [0.4, 0.5) is 0 Å². The van der Waals surface area contributed by atoms with Crippen molar-refractivity contribution in [2.45, 2.75) is 32.5 Å². The molecular weight excluding hydrogens is 272 g/mol. The number of hydrogen-bond donors (Lipinski definition) is 8. The van der Waals surface area contributed by atoms with Crippen LogP contribution < -0.4 is 0 Å². The quantitative estimate of drug-likeness (QED) is 0.247. The molecule has 0 aliphatic rings. The third-order valence-corrected chi connectivity index (χ3v) is 2.44. The zero-order valence-corrected chi connectivity index (χ0v) is 12.2. The molecule has 8 N–H and O–H groups in total. The molecule has 0 amide bonds. The van der Waals surface area contributed by atoms with Crippen molar-refractivity contribution in [2.24, 2.45) is 5.41 Å². The van der Waals surface area contributed by atoms with Crippen LogP contribution in [0.3, 0.4) is 0 Å². The van der Waals surface area contributed by atoms with Gasteiger partial charge in [0.25, 0.3) is 0 Å². The highest BCUT2D eigenvalue weighted by Crippen LogP contribution is 2.18. The molecule has 20 heavy (non-hydrogen) atoms. The highest BCUT2D eigenvalue weighted by Gasteiger charge is 2.24. The van der Waals surface area contributed by atoms with Crippen LogP contribution in [0.1, 0.15) is 20.3 Å². The summed E-state index contributed by atoms with van der Waals surface area (Å²) in [5, 5.41) is 66.0. The Bertz CT molecular complexity index is 151. The summed E-state index contributed by atoms with van der Waals surface area (Å²) in [6, 6.07) is 0. The molecule has 8 heteroatoms. The van der Waals surface area contributed by atoms with Crippen LogP contribution in [0.15, 0.2) is 0 Å². The number of hydrogen-bond acceptors (Lipinski definition) is 8. The van der Waals surface area contributed by atoms with Crippen molar-refractivity contribution in [1.29, 1.82) is 0 Å². The predicted octanol–water partition coefficient (Wildman–Crippen LogP) is -2.95. The first-order valence-electron chi connectivity index (χ1n) is 6.34. The van der Waals surface area contributed by atoms with E-state index in [-0.39, 0.29) is 39.6 Å². The van der Waals surface area contributed by atoms with Crippen LogP contribution in [-0.4, -0.2) is 92.7 Å². The van der Waals surface area contributed by atoms with E-state index in [2.05, 4.69) is 0 Å². The second-order valence-electron chi connectivity index (χ2n) is 4.38. The van der Waals surface area contributed by atoms with Gasteiger partial charge in [-0.2, -0.15) is 0 Å². The Hall–Kier alpha value is -0.320. The van der Waals surface area contributed by atoms with Gasteiger partial charge in [0.1, 0.15) is 6.10 Å². The molecule has 0 bridgehead atoms. The van der Waals surface area contributed by atoms with E-state index in [1.54, 1.807) is 0 Å². The van der Waals surface area contributed by atoms with Gasteiger partial charge in [-0.15, -0.1) is 0 Å². The second-order valence-corrected chi connectivity index (χ2v) is 4.38. The van der Waals surface area contributed by atoms with Crippen LogP contribution in [0.5, 0.6) is 0 Å². The molecule has 0 spiro atoms. The SMILES string of the molecule is CC(O)CO.CCC(CO)(CO)CO.OCC(O)CO. The lowest BCUT2D eigenvalue weighted by Crippen LogP contribution is -2.32. The fraction of sp³-hybridized carbons (Fsp3) is 1.00. The number of rotatable bonds is 7. The third kappa shape index (κ3) is 15.7. The molecule has 0 aliphatic heterocycles. The van der Waals surface area contributed by atoms with Gasteiger partial charge in [-0.3, -0.25) is 0 Å². The van der Waals surface area contributed by atoms with Crippen molar-refractivity contribution in [3.63, 3.8) is 0 Å². The summed E-state index contributed by atoms with van der Waals surface area (Å²) in [6.45, 7) is 2.01. The van der Waals surface area contributed by atoms with Gasteiger partial charge in [0.2, 0.25) is 0 Å². The standard InChI is InChI=1S/C6H14O3.C3H8O3.C3H8O2/c1-2-6(3-7,4-8)5-9;4-1-3(6)2-5;1-3(5)2-4/h7-9H,2-5H2,1H3;3-6H,1-2H2;3-5H,2H2,1H3. The van der Waals surface area contributed by atoms with Gasteiger partial charge >= 0.3 is 0 Å². The normalized spacial score (nSPS) is 12.2. The van der Waals surface area contributed by atoms with Gasteiger partial charge in [0.15, 0.2) is 0 Å². The topological polar surface area (TPSA) is 162 Å². The maximum Gasteiger partial charge on any atom is 0.100 e. The van der Waals surface area contributed by atoms with Gasteiger partial charge < -0.3 is 40.9 Å². The fourth-order valence-electron chi connectivity index (χ4n) is 0.543. The molecule has 0 aliphatic carbocycles. The largest absolute Gasteiger partial charge is 0.396 e. The molecule has 1 atom stereocenters. The second kappa shape index (κ2) is 16.7. The third-order valence-electron chi connectivity index (χ3n) is 2.44. The van der Waals surface area contributed by atoms with E-state index in [0.29, 0.717) is 6.42 Å². The molecule has 0 aromatic heterocycles. The Morgan fingerprint density at radius 1 is 0.750 bits per heavy atom. The molecule has 0 radical (unpaired) electrons. The predicted molar refractivity (Wildman–Crippen MR) is 72.9 cm³/mol. The molecule has 0 saturated carbocycles.